The third-order valence-electron chi connectivity index (χ3n) is 5.45. The molecule has 2 atom stereocenters. The highest BCUT2D eigenvalue weighted by Crippen LogP contribution is 2.48. The van der Waals surface area contributed by atoms with Crippen molar-refractivity contribution in [2.75, 3.05) is 13.7 Å². The van der Waals surface area contributed by atoms with Crippen molar-refractivity contribution in [3.05, 3.63) is 29.8 Å². The van der Waals surface area contributed by atoms with Crippen molar-refractivity contribution in [3.63, 3.8) is 0 Å². The first-order valence-electron chi connectivity index (χ1n) is 8.07. The summed E-state index contributed by atoms with van der Waals surface area (Å²) in [5.74, 6) is 0.995. The summed E-state index contributed by atoms with van der Waals surface area (Å²) in [6, 6.07) is 7.82. The van der Waals surface area contributed by atoms with Gasteiger partial charge in [-0.1, -0.05) is 31.0 Å². The maximum absolute atomic E-state index is 11.2. The zero-order valence-corrected chi connectivity index (χ0v) is 13.1. The monoisotopic (exact) mass is 290 g/mol. The van der Waals surface area contributed by atoms with Gasteiger partial charge in [0.1, 0.15) is 5.75 Å². The van der Waals surface area contributed by atoms with Crippen molar-refractivity contribution >= 4 is 0 Å². The molecule has 0 bridgehead atoms. The molecule has 1 aromatic rings. The van der Waals surface area contributed by atoms with E-state index in [-0.39, 0.29) is 11.5 Å². The lowest BCUT2D eigenvalue weighted by molar-refractivity contribution is -0.138. The van der Waals surface area contributed by atoms with Gasteiger partial charge in [-0.15, -0.1) is 0 Å². The lowest BCUT2D eigenvalue weighted by Crippen LogP contribution is -2.44. The van der Waals surface area contributed by atoms with E-state index in [1.807, 2.05) is 31.2 Å². The van der Waals surface area contributed by atoms with Crippen molar-refractivity contribution in [3.8, 4) is 5.75 Å². The molecule has 1 N–H and O–H groups in total. The minimum Gasteiger partial charge on any atom is -0.496 e. The van der Waals surface area contributed by atoms with Crippen LogP contribution < -0.4 is 4.74 Å². The van der Waals surface area contributed by atoms with Gasteiger partial charge >= 0.3 is 0 Å². The summed E-state index contributed by atoms with van der Waals surface area (Å²) >= 11 is 0. The summed E-state index contributed by atoms with van der Waals surface area (Å²) in [7, 11) is 1.66. The number of ether oxygens (including phenoxy) is 2. The van der Waals surface area contributed by atoms with E-state index in [0.29, 0.717) is 0 Å². The second kappa shape index (κ2) is 5.62. The molecule has 2 unspecified atom stereocenters. The fourth-order valence-electron chi connectivity index (χ4n) is 4.16. The Morgan fingerprint density at radius 2 is 2.00 bits per heavy atom. The molecule has 3 heteroatoms. The number of para-hydroxylation sites is 1. The van der Waals surface area contributed by atoms with Gasteiger partial charge in [0.2, 0.25) is 0 Å². The first-order valence-corrected chi connectivity index (χ1v) is 8.07. The van der Waals surface area contributed by atoms with E-state index in [1.165, 1.54) is 12.8 Å². The summed E-state index contributed by atoms with van der Waals surface area (Å²) in [5, 5.41) is 11.2. The maximum atomic E-state index is 11.2. The Bertz CT molecular complexity index is 489. The maximum Gasteiger partial charge on any atom is 0.124 e. The van der Waals surface area contributed by atoms with Crippen molar-refractivity contribution in [2.24, 2.45) is 5.92 Å². The zero-order chi connectivity index (χ0) is 14.9. The van der Waals surface area contributed by atoms with Gasteiger partial charge < -0.3 is 14.6 Å². The molecular formula is C18H26O3. The predicted octanol–water partition coefficient (Wildman–Crippen LogP) is 3.64. The molecular weight excluding hydrogens is 264 g/mol. The van der Waals surface area contributed by atoms with Crippen LogP contribution in [0.5, 0.6) is 5.75 Å². The van der Waals surface area contributed by atoms with Gasteiger partial charge in [0.25, 0.3) is 0 Å². The molecule has 1 saturated heterocycles. The highest BCUT2D eigenvalue weighted by molar-refractivity contribution is 5.38. The molecule has 116 valence electrons. The second-order valence-corrected chi connectivity index (χ2v) is 6.78. The number of benzene rings is 1. The molecule has 3 rings (SSSR count). The highest BCUT2D eigenvalue weighted by atomic mass is 16.5. The molecule has 0 aromatic heterocycles. The summed E-state index contributed by atoms with van der Waals surface area (Å²) in [6.45, 7) is 2.69. The van der Waals surface area contributed by atoms with Crippen LogP contribution in [0.4, 0.5) is 0 Å². The quantitative estimate of drug-likeness (QED) is 0.923. The summed E-state index contributed by atoms with van der Waals surface area (Å²) in [5.41, 5.74) is 0.0495. The van der Waals surface area contributed by atoms with Crippen LogP contribution in [0.25, 0.3) is 0 Å². The van der Waals surface area contributed by atoms with Gasteiger partial charge in [0.05, 0.1) is 18.3 Å². The zero-order valence-electron chi connectivity index (χ0n) is 13.1. The molecule has 3 nitrogen and oxygen atoms in total. The average Bonchev–Trinajstić information content (AvgIpc) is 2.95. The molecule has 1 aliphatic carbocycles. The molecule has 21 heavy (non-hydrogen) atoms. The second-order valence-electron chi connectivity index (χ2n) is 6.78. The molecule has 1 aliphatic heterocycles. The molecule has 1 saturated carbocycles. The van der Waals surface area contributed by atoms with Crippen LogP contribution in [0.3, 0.4) is 0 Å². The Kier molecular flexibility index (Phi) is 3.98. The molecule has 2 fully saturated rings. The predicted molar refractivity (Wildman–Crippen MR) is 82.4 cm³/mol. The van der Waals surface area contributed by atoms with E-state index in [4.69, 9.17) is 9.47 Å². The molecule has 1 spiro atoms. The van der Waals surface area contributed by atoms with Crippen LogP contribution in [0.2, 0.25) is 0 Å². The fourth-order valence-corrected chi connectivity index (χ4v) is 4.16. The lowest BCUT2D eigenvalue weighted by Gasteiger charge is -2.44. The van der Waals surface area contributed by atoms with Gasteiger partial charge in [-0.3, -0.25) is 0 Å². The van der Waals surface area contributed by atoms with Crippen LogP contribution in [0, 0.1) is 5.92 Å². The smallest absolute Gasteiger partial charge is 0.124 e. The van der Waals surface area contributed by atoms with Gasteiger partial charge in [-0.2, -0.15) is 0 Å². The first kappa shape index (κ1) is 14.9. The van der Waals surface area contributed by atoms with Crippen LogP contribution in [-0.4, -0.2) is 24.4 Å². The lowest BCUT2D eigenvalue weighted by atomic mass is 9.73. The topological polar surface area (TPSA) is 38.7 Å². The Balaban J connectivity index is 1.86. The highest BCUT2D eigenvalue weighted by Gasteiger charge is 2.46. The molecule has 1 heterocycles. The van der Waals surface area contributed by atoms with E-state index in [2.05, 4.69) is 0 Å². The summed E-state index contributed by atoms with van der Waals surface area (Å²) < 4.78 is 11.6. The Morgan fingerprint density at radius 1 is 1.29 bits per heavy atom. The normalized spacial score (nSPS) is 27.5. The van der Waals surface area contributed by atoms with E-state index in [1.54, 1.807) is 7.11 Å². The van der Waals surface area contributed by atoms with Gasteiger partial charge in [0, 0.05) is 12.2 Å². The number of aliphatic hydroxyl groups is 1. The number of hydrogen-bond donors (Lipinski definition) is 1. The number of rotatable bonds is 3. The molecule has 1 aromatic carbocycles. The van der Waals surface area contributed by atoms with Crippen molar-refractivity contribution in [1.29, 1.82) is 0 Å². The van der Waals surface area contributed by atoms with E-state index >= 15 is 0 Å². The van der Waals surface area contributed by atoms with Crippen molar-refractivity contribution in [2.45, 2.75) is 56.7 Å². The largest absolute Gasteiger partial charge is 0.496 e. The third-order valence-corrected chi connectivity index (χ3v) is 5.45. The number of methoxy groups -OCH3 is 1. The molecule has 2 aliphatic rings. The van der Waals surface area contributed by atoms with Gasteiger partial charge in [0.15, 0.2) is 0 Å². The van der Waals surface area contributed by atoms with Crippen LogP contribution in [0.1, 0.15) is 51.0 Å². The van der Waals surface area contributed by atoms with Crippen LogP contribution in [-0.2, 0) is 10.3 Å². The number of hydrogen-bond acceptors (Lipinski definition) is 3. The minimum atomic E-state index is -0.869. The van der Waals surface area contributed by atoms with Crippen molar-refractivity contribution < 1.29 is 14.6 Å². The summed E-state index contributed by atoms with van der Waals surface area (Å²) in [6.07, 6.45) is 6.66. The Morgan fingerprint density at radius 3 is 2.71 bits per heavy atom. The SMILES string of the molecule is COc1ccccc1C(C)(O)C1CCOC2(CCCC2)C1. The van der Waals surface area contributed by atoms with E-state index < -0.39 is 5.60 Å². The van der Waals surface area contributed by atoms with E-state index in [0.717, 1.165) is 43.6 Å². The summed E-state index contributed by atoms with van der Waals surface area (Å²) in [4.78, 5) is 0. The standard InChI is InChI=1S/C18H26O3/c1-17(19,15-7-3-4-8-16(15)20-2)14-9-12-21-18(13-14)10-5-6-11-18/h3-4,7-8,14,19H,5-6,9-13H2,1-2H3. The van der Waals surface area contributed by atoms with Gasteiger partial charge in [-0.25, -0.2) is 0 Å². The van der Waals surface area contributed by atoms with Crippen molar-refractivity contribution in [1.82, 2.24) is 0 Å². The first-order chi connectivity index (χ1) is 10.1. The van der Waals surface area contributed by atoms with Gasteiger partial charge in [-0.05, 0) is 44.6 Å². The molecule has 0 radical (unpaired) electrons. The van der Waals surface area contributed by atoms with E-state index in [9.17, 15) is 5.11 Å². The van der Waals surface area contributed by atoms with Crippen LogP contribution in [0.15, 0.2) is 24.3 Å². The average molecular weight is 290 g/mol. The molecule has 0 amide bonds. The third kappa shape index (κ3) is 2.69. The minimum absolute atomic E-state index is 0.0227. The van der Waals surface area contributed by atoms with Crippen LogP contribution >= 0.6 is 0 Å². The Hall–Kier alpha value is -1.06. The fraction of sp³-hybridized carbons (Fsp3) is 0.667. The Labute approximate surface area is 127 Å².